The van der Waals surface area contributed by atoms with Crippen LogP contribution in [0.25, 0.3) is 0 Å². The normalized spacial score (nSPS) is 17.1. The molecule has 1 atom stereocenters. The molecule has 4 nitrogen and oxygen atoms in total. The lowest BCUT2D eigenvalue weighted by Crippen LogP contribution is -2.38. The molecule has 0 aliphatic carbocycles. The third-order valence-corrected chi connectivity index (χ3v) is 5.21. The van der Waals surface area contributed by atoms with Crippen molar-refractivity contribution in [2.75, 3.05) is 31.1 Å². The Balaban J connectivity index is 1.99. The first-order valence-corrected chi connectivity index (χ1v) is 9.79. The number of ether oxygens (including phenoxy) is 1. The second-order valence-electron chi connectivity index (χ2n) is 6.97. The molecule has 2 aromatic rings. The van der Waals surface area contributed by atoms with Gasteiger partial charge in [-0.3, -0.25) is 4.79 Å². The van der Waals surface area contributed by atoms with Crippen molar-refractivity contribution in [3.8, 4) is 5.75 Å². The lowest BCUT2D eigenvalue weighted by molar-refractivity contribution is -0.137. The number of fused-ring (bicyclic) bond motifs is 1. The van der Waals surface area contributed by atoms with Gasteiger partial charge < -0.3 is 14.5 Å². The standard InChI is InChI=1S/C22H25F3N2O2/c1-3-26(4-2)12-13-27-18-14-17(22(23,24)25)10-11-19(18)29-20(15-21(27)28)16-8-6-5-7-9-16/h5-11,14,20H,3-4,12-13,15H2,1-2H3. The first-order chi connectivity index (χ1) is 13.8. The summed E-state index contributed by atoms with van der Waals surface area (Å²) in [6, 6.07) is 12.6. The third-order valence-electron chi connectivity index (χ3n) is 5.21. The van der Waals surface area contributed by atoms with Gasteiger partial charge in [-0.15, -0.1) is 0 Å². The molecule has 0 aromatic heterocycles. The number of likely N-dealkylation sites (N-methyl/N-ethyl adjacent to an activating group) is 1. The van der Waals surface area contributed by atoms with E-state index in [2.05, 4.69) is 4.90 Å². The fourth-order valence-electron chi connectivity index (χ4n) is 3.48. The minimum Gasteiger partial charge on any atom is -0.483 e. The van der Waals surface area contributed by atoms with E-state index in [4.69, 9.17) is 4.74 Å². The highest BCUT2D eigenvalue weighted by molar-refractivity contribution is 5.96. The van der Waals surface area contributed by atoms with Crippen molar-refractivity contribution in [2.24, 2.45) is 0 Å². The van der Waals surface area contributed by atoms with Gasteiger partial charge in [-0.1, -0.05) is 44.2 Å². The van der Waals surface area contributed by atoms with Gasteiger partial charge in [-0.05, 0) is 36.9 Å². The molecule has 1 aliphatic heterocycles. The number of alkyl halides is 3. The maximum Gasteiger partial charge on any atom is 0.416 e. The van der Waals surface area contributed by atoms with Gasteiger partial charge >= 0.3 is 6.18 Å². The second kappa shape index (κ2) is 8.86. The van der Waals surface area contributed by atoms with Gasteiger partial charge in [0, 0.05) is 13.1 Å². The monoisotopic (exact) mass is 406 g/mol. The van der Waals surface area contributed by atoms with Crippen LogP contribution in [-0.2, 0) is 11.0 Å². The first-order valence-electron chi connectivity index (χ1n) is 9.79. The molecule has 3 rings (SSSR count). The summed E-state index contributed by atoms with van der Waals surface area (Å²) in [5.41, 5.74) is 0.200. The molecule has 1 heterocycles. The lowest BCUT2D eigenvalue weighted by atomic mass is 10.1. The number of nitrogens with zero attached hydrogens (tertiary/aromatic N) is 2. The summed E-state index contributed by atoms with van der Waals surface area (Å²) < 4.78 is 45.9. The Bertz CT molecular complexity index is 836. The maximum absolute atomic E-state index is 13.3. The zero-order chi connectivity index (χ0) is 21.0. The first kappa shape index (κ1) is 21.2. The van der Waals surface area contributed by atoms with Crippen LogP contribution >= 0.6 is 0 Å². The molecule has 0 radical (unpaired) electrons. The molecule has 0 bridgehead atoms. The summed E-state index contributed by atoms with van der Waals surface area (Å²) >= 11 is 0. The van der Waals surface area contributed by atoms with Gasteiger partial charge in [0.05, 0.1) is 17.7 Å². The Labute approximate surface area is 168 Å². The number of carbonyl (C=O) groups excluding carboxylic acids is 1. The van der Waals surface area contributed by atoms with E-state index >= 15 is 0 Å². The van der Waals surface area contributed by atoms with E-state index in [1.54, 1.807) is 0 Å². The number of benzene rings is 2. The van der Waals surface area contributed by atoms with Gasteiger partial charge in [0.25, 0.3) is 0 Å². The zero-order valence-electron chi connectivity index (χ0n) is 16.6. The maximum atomic E-state index is 13.3. The van der Waals surface area contributed by atoms with Crippen molar-refractivity contribution < 1.29 is 22.7 Å². The van der Waals surface area contributed by atoms with Crippen LogP contribution in [0, 0.1) is 0 Å². The molecule has 0 saturated carbocycles. The predicted molar refractivity (Wildman–Crippen MR) is 106 cm³/mol. The van der Waals surface area contributed by atoms with Crippen molar-refractivity contribution in [3.05, 3.63) is 59.7 Å². The molecule has 2 aromatic carbocycles. The predicted octanol–water partition coefficient (Wildman–Crippen LogP) is 4.90. The SMILES string of the molecule is CCN(CC)CCN1C(=O)CC(c2ccccc2)Oc2ccc(C(F)(F)F)cc21. The number of anilines is 1. The van der Waals surface area contributed by atoms with E-state index < -0.39 is 17.8 Å². The summed E-state index contributed by atoms with van der Waals surface area (Å²) in [5.74, 6) is 0.0429. The topological polar surface area (TPSA) is 32.8 Å². The molecule has 7 heteroatoms. The van der Waals surface area contributed by atoms with Gasteiger partial charge in [0.2, 0.25) is 5.91 Å². The van der Waals surface area contributed by atoms with Gasteiger partial charge in [-0.25, -0.2) is 0 Å². The van der Waals surface area contributed by atoms with Gasteiger partial charge in [-0.2, -0.15) is 13.2 Å². The summed E-state index contributed by atoms with van der Waals surface area (Å²) in [6.07, 6.45) is -4.97. The largest absolute Gasteiger partial charge is 0.483 e. The van der Waals surface area contributed by atoms with Crippen LogP contribution in [0.4, 0.5) is 18.9 Å². The molecule has 29 heavy (non-hydrogen) atoms. The minimum atomic E-state index is -4.49. The number of rotatable bonds is 6. The average molecular weight is 406 g/mol. The summed E-state index contributed by atoms with van der Waals surface area (Å²) in [4.78, 5) is 16.6. The third kappa shape index (κ3) is 4.90. The number of amides is 1. The number of hydrogen-bond donors (Lipinski definition) is 0. The molecule has 1 aliphatic rings. The van der Waals surface area contributed by atoms with Crippen LogP contribution < -0.4 is 9.64 Å². The Hall–Kier alpha value is -2.54. The quantitative estimate of drug-likeness (QED) is 0.684. The van der Waals surface area contributed by atoms with E-state index in [1.807, 2.05) is 44.2 Å². The van der Waals surface area contributed by atoms with Crippen molar-refractivity contribution >= 4 is 11.6 Å². The molecule has 0 fully saturated rings. The van der Waals surface area contributed by atoms with E-state index in [-0.39, 0.29) is 23.8 Å². The van der Waals surface area contributed by atoms with Crippen molar-refractivity contribution in [3.63, 3.8) is 0 Å². The Morgan fingerprint density at radius 2 is 1.79 bits per heavy atom. The average Bonchev–Trinajstić information content (AvgIpc) is 2.84. The molecular weight excluding hydrogens is 381 g/mol. The summed E-state index contributed by atoms with van der Waals surface area (Å²) in [5, 5.41) is 0. The van der Waals surface area contributed by atoms with Crippen LogP contribution in [0.3, 0.4) is 0 Å². The Morgan fingerprint density at radius 3 is 2.41 bits per heavy atom. The van der Waals surface area contributed by atoms with E-state index in [9.17, 15) is 18.0 Å². The minimum absolute atomic E-state index is 0.0678. The van der Waals surface area contributed by atoms with Crippen molar-refractivity contribution in [1.82, 2.24) is 4.90 Å². The van der Waals surface area contributed by atoms with Crippen molar-refractivity contribution in [1.29, 1.82) is 0 Å². The number of halogens is 3. The Kier molecular flexibility index (Phi) is 6.47. The van der Waals surface area contributed by atoms with Gasteiger partial charge in [0.15, 0.2) is 0 Å². The molecule has 0 spiro atoms. The molecule has 1 unspecified atom stereocenters. The zero-order valence-corrected chi connectivity index (χ0v) is 16.6. The van der Waals surface area contributed by atoms with E-state index in [0.717, 1.165) is 30.8 Å². The highest BCUT2D eigenvalue weighted by atomic mass is 19.4. The fraction of sp³-hybridized carbons (Fsp3) is 0.409. The number of carbonyl (C=O) groups is 1. The van der Waals surface area contributed by atoms with Crippen LogP contribution in [0.5, 0.6) is 5.75 Å². The van der Waals surface area contributed by atoms with Crippen molar-refractivity contribution in [2.45, 2.75) is 32.5 Å². The fourth-order valence-corrected chi connectivity index (χ4v) is 3.48. The molecule has 156 valence electrons. The van der Waals surface area contributed by atoms with Crippen LogP contribution in [-0.4, -0.2) is 37.0 Å². The van der Waals surface area contributed by atoms with Gasteiger partial charge in [0.1, 0.15) is 11.9 Å². The molecule has 1 amide bonds. The van der Waals surface area contributed by atoms with E-state index in [0.29, 0.717) is 13.1 Å². The summed E-state index contributed by atoms with van der Waals surface area (Å²) in [6.45, 7) is 6.51. The molecular formula is C22H25F3N2O2. The van der Waals surface area contributed by atoms with E-state index in [1.165, 1.54) is 11.0 Å². The second-order valence-corrected chi connectivity index (χ2v) is 6.97. The highest BCUT2D eigenvalue weighted by Crippen LogP contribution is 2.41. The highest BCUT2D eigenvalue weighted by Gasteiger charge is 2.35. The Morgan fingerprint density at radius 1 is 1.10 bits per heavy atom. The lowest BCUT2D eigenvalue weighted by Gasteiger charge is -2.26. The number of hydrogen-bond acceptors (Lipinski definition) is 3. The van der Waals surface area contributed by atoms with Crippen LogP contribution in [0.2, 0.25) is 0 Å². The van der Waals surface area contributed by atoms with Crippen LogP contribution in [0.15, 0.2) is 48.5 Å². The molecule has 0 saturated heterocycles. The van der Waals surface area contributed by atoms with Crippen LogP contribution in [0.1, 0.15) is 37.5 Å². The smallest absolute Gasteiger partial charge is 0.416 e. The molecule has 0 N–H and O–H groups in total. The summed E-state index contributed by atoms with van der Waals surface area (Å²) in [7, 11) is 0.